The van der Waals surface area contributed by atoms with Crippen LogP contribution in [0.3, 0.4) is 0 Å². The van der Waals surface area contributed by atoms with Gasteiger partial charge in [-0.05, 0) is 64.9 Å². The molecule has 0 amide bonds. The van der Waals surface area contributed by atoms with Crippen molar-refractivity contribution >= 4 is 22.6 Å². The molecule has 0 saturated carbocycles. The summed E-state index contributed by atoms with van der Waals surface area (Å²) >= 11 is 2.20. The summed E-state index contributed by atoms with van der Waals surface area (Å²) in [4.78, 5) is 0. The second-order valence-corrected chi connectivity index (χ2v) is 6.04. The fraction of sp³-hybridized carbons (Fsp3) is 0.294. The van der Waals surface area contributed by atoms with E-state index in [4.69, 9.17) is 0 Å². The number of rotatable bonds is 5. The van der Waals surface area contributed by atoms with E-state index in [2.05, 4.69) is 59.1 Å². The van der Waals surface area contributed by atoms with Crippen molar-refractivity contribution in [3.63, 3.8) is 0 Å². The van der Waals surface area contributed by atoms with Crippen molar-refractivity contribution in [2.24, 2.45) is 0 Å². The summed E-state index contributed by atoms with van der Waals surface area (Å²) in [6.45, 7) is 2.19. The molecule has 3 heteroatoms. The number of hydrogen-bond donors (Lipinski definition) is 1. The highest BCUT2D eigenvalue weighted by Crippen LogP contribution is 2.27. The minimum atomic E-state index is -0.187. The first-order valence-corrected chi connectivity index (χ1v) is 7.94. The molecule has 0 spiro atoms. The first kappa shape index (κ1) is 15.4. The van der Waals surface area contributed by atoms with E-state index in [-0.39, 0.29) is 11.9 Å². The first-order valence-electron chi connectivity index (χ1n) is 6.86. The van der Waals surface area contributed by atoms with Gasteiger partial charge in [-0.15, -0.1) is 0 Å². The molecule has 2 aromatic rings. The van der Waals surface area contributed by atoms with Gasteiger partial charge in [0.2, 0.25) is 0 Å². The Hall–Kier alpha value is -0.940. The molecule has 1 N–H and O–H groups in total. The molecular formula is C17H19FIN. The van der Waals surface area contributed by atoms with Crippen LogP contribution in [0.2, 0.25) is 0 Å². The van der Waals surface area contributed by atoms with Gasteiger partial charge in [0.05, 0.1) is 6.04 Å². The summed E-state index contributed by atoms with van der Waals surface area (Å²) in [5.41, 5.74) is 3.69. The third kappa shape index (κ3) is 3.58. The number of benzene rings is 2. The van der Waals surface area contributed by atoms with Gasteiger partial charge in [-0.1, -0.05) is 43.7 Å². The van der Waals surface area contributed by atoms with E-state index >= 15 is 0 Å². The van der Waals surface area contributed by atoms with Crippen LogP contribution in [0.15, 0.2) is 42.5 Å². The molecular weight excluding hydrogens is 364 g/mol. The minimum absolute atomic E-state index is 0.0966. The molecule has 0 aliphatic rings. The van der Waals surface area contributed by atoms with Crippen LogP contribution in [0, 0.1) is 9.39 Å². The summed E-state index contributed by atoms with van der Waals surface area (Å²) in [7, 11) is 1.94. The topological polar surface area (TPSA) is 12.0 Å². The normalized spacial score (nSPS) is 12.4. The van der Waals surface area contributed by atoms with Crippen LogP contribution in [0.1, 0.15) is 36.1 Å². The number of aryl methyl sites for hydroxylation is 1. The van der Waals surface area contributed by atoms with Gasteiger partial charge in [-0.2, -0.15) is 0 Å². The molecule has 1 atom stereocenters. The van der Waals surface area contributed by atoms with Gasteiger partial charge < -0.3 is 5.32 Å². The predicted octanol–water partition coefficient (Wildman–Crippen LogP) is 4.69. The molecule has 0 bridgehead atoms. The summed E-state index contributed by atoms with van der Waals surface area (Å²) < 4.78 is 14.2. The van der Waals surface area contributed by atoms with Gasteiger partial charge in [0.15, 0.2) is 0 Å². The van der Waals surface area contributed by atoms with Gasteiger partial charge in [-0.25, -0.2) is 4.39 Å². The van der Waals surface area contributed by atoms with E-state index in [1.807, 2.05) is 13.1 Å². The molecule has 0 aliphatic heterocycles. The highest BCUT2D eigenvalue weighted by Gasteiger charge is 2.15. The molecule has 0 heterocycles. The minimum Gasteiger partial charge on any atom is -0.309 e. The van der Waals surface area contributed by atoms with Crippen molar-refractivity contribution in [3.8, 4) is 0 Å². The van der Waals surface area contributed by atoms with Crippen molar-refractivity contribution in [1.82, 2.24) is 5.32 Å². The zero-order valence-electron chi connectivity index (χ0n) is 11.8. The van der Waals surface area contributed by atoms with Gasteiger partial charge in [0, 0.05) is 3.57 Å². The second-order valence-electron chi connectivity index (χ2n) is 4.88. The third-order valence-corrected chi connectivity index (χ3v) is 4.32. The van der Waals surface area contributed by atoms with Crippen LogP contribution < -0.4 is 5.32 Å². The van der Waals surface area contributed by atoms with Crippen molar-refractivity contribution < 1.29 is 4.39 Å². The van der Waals surface area contributed by atoms with E-state index < -0.39 is 0 Å². The first-order chi connectivity index (χ1) is 9.65. The Morgan fingerprint density at radius 3 is 2.65 bits per heavy atom. The standard InChI is InChI=1S/C17H19FIN/c1-3-5-12-6-4-7-13(10-12)17(20-2)15-9-8-14(18)11-16(15)19/h4,6-11,17,20H,3,5H2,1-2H3. The van der Waals surface area contributed by atoms with Crippen molar-refractivity contribution in [2.45, 2.75) is 25.8 Å². The predicted molar refractivity (Wildman–Crippen MR) is 90.5 cm³/mol. The Morgan fingerprint density at radius 2 is 2.00 bits per heavy atom. The van der Waals surface area contributed by atoms with Gasteiger partial charge in [0.1, 0.15) is 5.82 Å². The average molecular weight is 383 g/mol. The summed E-state index contributed by atoms with van der Waals surface area (Å²) in [6.07, 6.45) is 2.23. The van der Waals surface area contributed by atoms with Gasteiger partial charge in [-0.3, -0.25) is 0 Å². The van der Waals surface area contributed by atoms with Crippen LogP contribution in [0.5, 0.6) is 0 Å². The van der Waals surface area contributed by atoms with E-state index in [1.165, 1.54) is 17.2 Å². The Labute approximate surface area is 133 Å². The van der Waals surface area contributed by atoms with E-state index in [9.17, 15) is 4.39 Å². The van der Waals surface area contributed by atoms with Crippen LogP contribution >= 0.6 is 22.6 Å². The van der Waals surface area contributed by atoms with E-state index in [0.29, 0.717) is 0 Å². The van der Waals surface area contributed by atoms with Crippen LogP contribution in [0.25, 0.3) is 0 Å². The highest BCUT2D eigenvalue weighted by atomic mass is 127. The Bertz CT molecular complexity index is 583. The molecule has 0 saturated heterocycles. The van der Waals surface area contributed by atoms with Crippen molar-refractivity contribution in [3.05, 3.63) is 68.5 Å². The SMILES string of the molecule is CCCc1cccc(C(NC)c2ccc(F)cc2I)c1. The second kappa shape index (κ2) is 7.18. The van der Waals surface area contributed by atoms with Gasteiger partial charge in [0.25, 0.3) is 0 Å². The zero-order chi connectivity index (χ0) is 14.5. The number of hydrogen-bond acceptors (Lipinski definition) is 1. The molecule has 1 unspecified atom stereocenters. The molecule has 0 aromatic heterocycles. The molecule has 2 rings (SSSR count). The summed E-state index contributed by atoms with van der Waals surface area (Å²) in [5, 5.41) is 3.34. The molecule has 0 radical (unpaired) electrons. The monoisotopic (exact) mass is 383 g/mol. The lowest BCUT2D eigenvalue weighted by Gasteiger charge is -2.19. The molecule has 2 aromatic carbocycles. The molecule has 1 nitrogen and oxygen atoms in total. The smallest absolute Gasteiger partial charge is 0.124 e. The fourth-order valence-corrected chi connectivity index (χ4v) is 3.24. The fourth-order valence-electron chi connectivity index (χ4n) is 2.45. The summed E-state index contributed by atoms with van der Waals surface area (Å²) in [5.74, 6) is -0.187. The lowest BCUT2D eigenvalue weighted by atomic mass is 9.96. The largest absolute Gasteiger partial charge is 0.309 e. The zero-order valence-corrected chi connectivity index (χ0v) is 13.9. The van der Waals surface area contributed by atoms with Crippen molar-refractivity contribution in [2.75, 3.05) is 7.05 Å². The Morgan fingerprint density at radius 1 is 1.20 bits per heavy atom. The van der Waals surface area contributed by atoms with Crippen LogP contribution in [-0.2, 0) is 6.42 Å². The number of nitrogens with one attached hydrogen (secondary N) is 1. The Balaban J connectivity index is 2.38. The van der Waals surface area contributed by atoms with Gasteiger partial charge >= 0.3 is 0 Å². The van der Waals surface area contributed by atoms with E-state index in [0.717, 1.165) is 22.0 Å². The molecule has 106 valence electrons. The molecule has 20 heavy (non-hydrogen) atoms. The lowest BCUT2D eigenvalue weighted by molar-refractivity contribution is 0.621. The van der Waals surface area contributed by atoms with Crippen LogP contribution in [0.4, 0.5) is 4.39 Å². The van der Waals surface area contributed by atoms with Crippen LogP contribution in [-0.4, -0.2) is 7.05 Å². The number of halogens is 2. The maximum atomic E-state index is 13.3. The highest BCUT2D eigenvalue weighted by molar-refractivity contribution is 14.1. The third-order valence-electron chi connectivity index (χ3n) is 3.39. The molecule has 0 aliphatic carbocycles. The quantitative estimate of drug-likeness (QED) is 0.739. The molecule has 0 fully saturated rings. The summed E-state index contributed by atoms with van der Waals surface area (Å²) in [6, 6.07) is 13.7. The van der Waals surface area contributed by atoms with E-state index in [1.54, 1.807) is 6.07 Å². The average Bonchev–Trinajstić information content (AvgIpc) is 2.43. The van der Waals surface area contributed by atoms with Crippen molar-refractivity contribution in [1.29, 1.82) is 0 Å². The maximum absolute atomic E-state index is 13.3. The maximum Gasteiger partial charge on any atom is 0.124 e. The lowest BCUT2D eigenvalue weighted by Crippen LogP contribution is -2.19. The Kier molecular flexibility index (Phi) is 5.54.